The van der Waals surface area contributed by atoms with E-state index in [1.165, 1.54) is 5.56 Å². The van der Waals surface area contributed by atoms with Gasteiger partial charge in [0.2, 0.25) is 0 Å². The summed E-state index contributed by atoms with van der Waals surface area (Å²) in [5.41, 5.74) is 2.20. The summed E-state index contributed by atoms with van der Waals surface area (Å²) >= 11 is 0. The lowest BCUT2D eigenvalue weighted by molar-refractivity contribution is 0.854. The van der Waals surface area contributed by atoms with Crippen LogP contribution in [0.1, 0.15) is 30.9 Å². The molecule has 0 atom stereocenters. The van der Waals surface area contributed by atoms with E-state index in [1.54, 1.807) is 6.20 Å². The molecule has 12 heavy (non-hydrogen) atoms. The Labute approximate surface area is 72.9 Å². The molecule has 0 amide bonds. The highest BCUT2D eigenvalue weighted by Crippen LogP contribution is 2.13. The molecule has 0 aromatic carbocycles. The van der Waals surface area contributed by atoms with Crippen LogP contribution in [0.15, 0.2) is 18.5 Å². The van der Waals surface area contributed by atoms with E-state index in [0.717, 1.165) is 5.56 Å². The van der Waals surface area contributed by atoms with Crippen molar-refractivity contribution < 1.29 is 0 Å². The Kier molecular flexibility index (Phi) is 2.82. The van der Waals surface area contributed by atoms with Gasteiger partial charge in [-0.05, 0) is 17.0 Å². The van der Waals surface area contributed by atoms with Crippen molar-refractivity contribution in [2.45, 2.75) is 26.2 Å². The first-order valence-electron chi connectivity index (χ1n) is 4.05. The van der Waals surface area contributed by atoms with E-state index in [9.17, 15) is 0 Å². The summed E-state index contributed by atoms with van der Waals surface area (Å²) in [6.45, 7) is 4.24. The van der Waals surface area contributed by atoms with Gasteiger partial charge in [-0.25, -0.2) is 0 Å². The van der Waals surface area contributed by atoms with Gasteiger partial charge >= 0.3 is 0 Å². The molecular weight excluding hydrogens is 148 g/mol. The predicted molar refractivity (Wildman–Crippen MR) is 47.6 cm³/mol. The van der Waals surface area contributed by atoms with Gasteiger partial charge in [-0.1, -0.05) is 19.9 Å². The number of pyridine rings is 1. The van der Waals surface area contributed by atoms with Gasteiger partial charge in [0.25, 0.3) is 0 Å². The summed E-state index contributed by atoms with van der Waals surface area (Å²) < 4.78 is 0. The minimum Gasteiger partial charge on any atom is -0.264 e. The maximum absolute atomic E-state index is 8.47. The third-order valence-corrected chi connectivity index (χ3v) is 1.77. The number of hydrogen-bond acceptors (Lipinski definition) is 2. The molecular formula is C10H12N2. The van der Waals surface area contributed by atoms with Gasteiger partial charge in [0.15, 0.2) is 0 Å². The highest BCUT2D eigenvalue weighted by molar-refractivity contribution is 5.22. The smallest absolute Gasteiger partial charge is 0.0670 e. The van der Waals surface area contributed by atoms with E-state index < -0.39 is 0 Å². The lowest BCUT2D eigenvalue weighted by Gasteiger charge is -2.04. The van der Waals surface area contributed by atoms with Crippen molar-refractivity contribution in [3.8, 4) is 6.07 Å². The molecule has 0 spiro atoms. The molecule has 1 aromatic rings. The molecule has 0 bridgehead atoms. The summed E-state index contributed by atoms with van der Waals surface area (Å²) in [6, 6.07) is 4.15. The quantitative estimate of drug-likeness (QED) is 0.665. The molecule has 0 aliphatic heterocycles. The second kappa shape index (κ2) is 3.87. The first kappa shape index (κ1) is 8.73. The van der Waals surface area contributed by atoms with Gasteiger partial charge in [-0.15, -0.1) is 0 Å². The van der Waals surface area contributed by atoms with Crippen molar-refractivity contribution in [3.05, 3.63) is 29.6 Å². The molecule has 0 saturated carbocycles. The SMILES string of the molecule is CC(C)c1cncc(CC#N)c1. The van der Waals surface area contributed by atoms with Crippen molar-refractivity contribution >= 4 is 0 Å². The minimum absolute atomic E-state index is 0.452. The fourth-order valence-electron chi connectivity index (χ4n) is 1.01. The Balaban J connectivity index is 2.90. The fourth-order valence-corrected chi connectivity index (χ4v) is 1.01. The summed E-state index contributed by atoms with van der Waals surface area (Å²) in [6.07, 6.45) is 4.05. The zero-order chi connectivity index (χ0) is 8.97. The zero-order valence-corrected chi connectivity index (χ0v) is 7.41. The maximum Gasteiger partial charge on any atom is 0.0670 e. The second-order valence-corrected chi connectivity index (χ2v) is 3.12. The predicted octanol–water partition coefficient (Wildman–Crippen LogP) is 2.27. The van der Waals surface area contributed by atoms with Gasteiger partial charge in [-0.3, -0.25) is 4.98 Å². The van der Waals surface area contributed by atoms with Crippen molar-refractivity contribution in [1.29, 1.82) is 5.26 Å². The highest BCUT2D eigenvalue weighted by Gasteiger charge is 2.00. The number of hydrogen-bond donors (Lipinski definition) is 0. The highest BCUT2D eigenvalue weighted by atomic mass is 14.6. The van der Waals surface area contributed by atoms with E-state index in [0.29, 0.717) is 12.3 Å². The molecule has 2 heteroatoms. The molecule has 1 aromatic heterocycles. The lowest BCUT2D eigenvalue weighted by Crippen LogP contribution is -1.91. The first-order chi connectivity index (χ1) is 5.74. The van der Waals surface area contributed by atoms with Crippen LogP contribution in [-0.2, 0) is 6.42 Å². The van der Waals surface area contributed by atoms with Crippen LogP contribution in [0.25, 0.3) is 0 Å². The van der Waals surface area contributed by atoms with Crippen molar-refractivity contribution in [1.82, 2.24) is 4.98 Å². The van der Waals surface area contributed by atoms with Crippen LogP contribution in [-0.4, -0.2) is 4.98 Å². The molecule has 62 valence electrons. The number of nitriles is 1. The summed E-state index contributed by atoms with van der Waals surface area (Å²) in [5.74, 6) is 0.483. The average molecular weight is 160 g/mol. The van der Waals surface area contributed by atoms with Crippen LogP contribution in [0.3, 0.4) is 0 Å². The van der Waals surface area contributed by atoms with Crippen LogP contribution < -0.4 is 0 Å². The molecule has 0 aliphatic carbocycles. The fraction of sp³-hybridized carbons (Fsp3) is 0.400. The summed E-state index contributed by atoms with van der Waals surface area (Å²) in [7, 11) is 0. The number of rotatable bonds is 2. The molecule has 0 aliphatic rings. The Morgan fingerprint density at radius 3 is 2.83 bits per heavy atom. The molecule has 0 fully saturated rings. The van der Waals surface area contributed by atoms with E-state index in [4.69, 9.17) is 5.26 Å². The van der Waals surface area contributed by atoms with E-state index >= 15 is 0 Å². The molecule has 0 saturated heterocycles. The molecule has 0 radical (unpaired) electrons. The van der Waals surface area contributed by atoms with Crippen LogP contribution in [0.4, 0.5) is 0 Å². The van der Waals surface area contributed by atoms with Gasteiger partial charge in [0, 0.05) is 12.4 Å². The molecule has 1 heterocycles. The van der Waals surface area contributed by atoms with E-state index in [1.807, 2.05) is 12.3 Å². The third kappa shape index (κ3) is 2.06. The maximum atomic E-state index is 8.47. The Morgan fingerprint density at radius 1 is 1.50 bits per heavy atom. The van der Waals surface area contributed by atoms with Gasteiger partial charge in [0.1, 0.15) is 0 Å². The average Bonchev–Trinajstić information content (AvgIpc) is 2.05. The second-order valence-electron chi connectivity index (χ2n) is 3.12. The van der Waals surface area contributed by atoms with Crippen LogP contribution >= 0.6 is 0 Å². The Bertz CT molecular complexity index is 297. The van der Waals surface area contributed by atoms with Gasteiger partial charge in [0.05, 0.1) is 12.5 Å². The van der Waals surface area contributed by atoms with Crippen LogP contribution in [0.5, 0.6) is 0 Å². The molecule has 1 rings (SSSR count). The topological polar surface area (TPSA) is 36.7 Å². The largest absolute Gasteiger partial charge is 0.264 e. The molecule has 0 N–H and O–H groups in total. The Hall–Kier alpha value is -1.36. The summed E-state index contributed by atoms with van der Waals surface area (Å²) in [5, 5.41) is 8.47. The van der Waals surface area contributed by atoms with E-state index in [2.05, 4.69) is 24.9 Å². The molecule has 2 nitrogen and oxygen atoms in total. The van der Waals surface area contributed by atoms with Crippen molar-refractivity contribution in [2.24, 2.45) is 0 Å². The monoisotopic (exact) mass is 160 g/mol. The van der Waals surface area contributed by atoms with Gasteiger partial charge in [-0.2, -0.15) is 5.26 Å². The van der Waals surface area contributed by atoms with Crippen molar-refractivity contribution in [3.63, 3.8) is 0 Å². The van der Waals surface area contributed by atoms with Crippen molar-refractivity contribution in [2.75, 3.05) is 0 Å². The minimum atomic E-state index is 0.452. The van der Waals surface area contributed by atoms with Gasteiger partial charge < -0.3 is 0 Å². The molecule has 0 unspecified atom stereocenters. The standard InChI is InChI=1S/C10H12N2/c1-8(2)10-5-9(3-4-11)6-12-7-10/h5-8H,3H2,1-2H3. The van der Waals surface area contributed by atoms with E-state index in [-0.39, 0.29) is 0 Å². The number of aromatic nitrogens is 1. The van der Waals surface area contributed by atoms with Crippen LogP contribution in [0, 0.1) is 11.3 Å². The first-order valence-corrected chi connectivity index (χ1v) is 4.05. The lowest BCUT2D eigenvalue weighted by atomic mass is 10.0. The summed E-state index contributed by atoms with van der Waals surface area (Å²) in [4.78, 5) is 4.07. The van der Waals surface area contributed by atoms with Crippen LogP contribution in [0.2, 0.25) is 0 Å². The third-order valence-electron chi connectivity index (χ3n) is 1.77. The normalized spacial score (nSPS) is 9.83. The number of nitrogens with zero attached hydrogens (tertiary/aromatic N) is 2. The zero-order valence-electron chi connectivity index (χ0n) is 7.41. The Morgan fingerprint density at radius 2 is 2.25 bits per heavy atom.